The molecule has 0 unspecified atom stereocenters. The summed E-state index contributed by atoms with van der Waals surface area (Å²) in [6.07, 6.45) is -1.83. The van der Waals surface area contributed by atoms with Crippen molar-refractivity contribution < 1.29 is 18.1 Å². The van der Waals surface area contributed by atoms with Gasteiger partial charge in [-0.25, -0.2) is 0 Å². The Kier molecular flexibility index (Phi) is 39.8. The minimum atomic E-state index is -1.83. The molecule has 0 aliphatic carbocycles. The van der Waals surface area contributed by atoms with Crippen LogP contribution in [0.3, 0.4) is 0 Å². The van der Waals surface area contributed by atoms with Crippen LogP contribution in [0.4, 0.5) is 13.5 Å². The molecule has 0 radical (unpaired) electrons. The Bertz CT molecular complexity index is 44.2. The van der Waals surface area contributed by atoms with Gasteiger partial charge in [0.15, 0.2) is 0 Å². The second-order valence-corrected chi connectivity index (χ2v) is 0.339. The van der Waals surface area contributed by atoms with Crippen LogP contribution < -0.4 is 0 Å². The second kappa shape index (κ2) is 17.4. The number of rotatable bonds is 0. The van der Waals surface area contributed by atoms with Crippen LogP contribution >= 0.6 is 9.12 Å². The summed E-state index contributed by atoms with van der Waals surface area (Å²) in [5.41, 5.74) is 0. The van der Waals surface area contributed by atoms with E-state index in [0.717, 1.165) is 0 Å². The van der Waals surface area contributed by atoms with E-state index in [1.165, 1.54) is 0 Å². The molecule has 0 fully saturated rings. The summed E-state index contributed by atoms with van der Waals surface area (Å²) in [6.45, 7) is 2.22. The third-order valence-corrected chi connectivity index (χ3v) is 0. The van der Waals surface area contributed by atoms with Gasteiger partial charge in [0.1, 0.15) is 9.12 Å². The van der Waals surface area contributed by atoms with Gasteiger partial charge in [-0.3, -0.25) is 9.27 Å². The molecule has 0 bridgehead atoms. The molecule has 1 nitrogen and oxygen atoms in total. The highest BCUT2D eigenvalue weighted by molar-refractivity contribution is 7.00. The summed E-state index contributed by atoms with van der Waals surface area (Å²) in [4.78, 5) is 0. The zero-order valence-corrected chi connectivity index (χ0v) is 4.28. The lowest BCUT2D eigenvalue weighted by atomic mass is 11.2. The molecule has 0 rings (SSSR count). The van der Waals surface area contributed by atoms with Crippen molar-refractivity contribution in [1.29, 1.82) is 0 Å². The molecule has 0 spiro atoms. The Morgan fingerprint density at radius 1 is 1.43 bits per heavy atom. The van der Waals surface area contributed by atoms with Crippen LogP contribution in [0.25, 0.3) is 0 Å². The van der Waals surface area contributed by atoms with E-state index in [1.807, 2.05) is 0 Å². The van der Waals surface area contributed by atoms with E-state index < -0.39 is 6.08 Å². The van der Waals surface area contributed by atoms with Gasteiger partial charge in [-0.05, 0) is 6.58 Å². The predicted molar refractivity (Wildman–Crippen MR) is 22.9 cm³/mol. The van der Waals surface area contributed by atoms with Gasteiger partial charge in [0.2, 0.25) is 0 Å². The van der Waals surface area contributed by atoms with Crippen LogP contribution in [0.5, 0.6) is 0 Å². The summed E-state index contributed by atoms with van der Waals surface area (Å²) in [6, 6.07) is 0. The molecule has 0 heterocycles. The molecule has 5 heteroatoms. The van der Waals surface area contributed by atoms with Gasteiger partial charge in [0, 0.05) is 0 Å². The quantitative estimate of drug-likeness (QED) is 0.461. The highest BCUT2D eigenvalue weighted by Crippen LogP contribution is 1.85. The van der Waals surface area contributed by atoms with Crippen LogP contribution in [0.2, 0.25) is 0 Å². The van der Waals surface area contributed by atoms with Crippen molar-refractivity contribution in [2.75, 3.05) is 0 Å². The van der Waals surface area contributed by atoms with Crippen LogP contribution in [0, 0.1) is 0 Å². The molecule has 0 N–H and O–H groups in total. The van der Waals surface area contributed by atoms with E-state index in [1.54, 1.807) is 9.12 Å². The maximum absolute atomic E-state index is 10.1. The molecule has 0 aliphatic rings. The number of hydrogen-bond acceptors (Lipinski definition) is 1. The van der Waals surface area contributed by atoms with Crippen LogP contribution in [0.15, 0.2) is 12.7 Å². The van der Waals surface area contributed by atoms with Gasteiger partial charge in [-0.2, -0.15) is 8.78 Å². The standard InChI is InChI=1S/C2H2F2.FH.HOP/c1-2(3)4;;1-2/h1H2;1H;2H. The molecule has 44 valence electrons. The summed E-state index contributed by atoms with van der Waals surface area (Å²) in [5.74, 6) is 0. The molecular weight excluding hydrogens is 128 g/mol. The first kappa shape index (κ1) is 15.9. The molecule has 0 aromatic carbocycles. The number of halogens is 3. The third kappa shape index (κ3) is 542. The van der Waals surface area contributed by atoms with E-state index in [4.69, 9.17) is 4.57 Å². The van der Waals surface area contributed by atoms with Crippen molar-refractivity contribution in [2.45, 2.75) is 0 Å². The lowest BCUT2D eigenvalue weighted by Crippen LogP contribution is -1.33. The van der Waals surface area contributed by atoms with E-state index >= 15 is 0 Å². The lowest BCUT2D eigenvalue weighted by Gasteiger charge is -1.54. The fourth-order valence-electron chi connectivity index (χ4n) is 0. The Balaban J connectivity index is -0.0000000480. The molecule has 0 saturated heterocycles. The topological polar surface area (TPSA) is 17.1 Å². The minimum absolute atomic E-state index is 0. The Labute approximate surface area is 41.0 Å². The van der Waals surface area contributed by atoms with Gasteiger partial charge < -0.3 is 0 Å². The van der Waals surface area contributed by atoms with Crippen molar-refractivity contribution >= 4 is 9.12 Å². The first-order valence-corrected chi connectivity index (χ1v) is 1.34. The highest BCUT2D eigenvalue weighted by Gasteiger charge is 1.65. The maximum Gasteiger partial charge on any atom is 0.263 e. The molecule has 0 aromatic heterocycles. The van der Waals surface area contributed by atoms with Crippen molar-refractivity contribution in [3.05, 3.63) is 12.7 Å². The fraction of sp³-hybridized carbons (Fsp3) is 0. The largest absolute Gasteiger partial charge is 0.279 e. The zero-order chi connectivity index (χ0) is 5.58. The Hall–Kier alpha value is -0.370. The molecule has 0 aliphatic heterocycles. The summed E-state index contributed by atoms with van der Waals surface area (Å²) in [7, 11) is 1.72. The zero-order valence-electron chi connectivity index (χ0n) is 3.28. The first-order chi connectivity index (χ1) is 2.73. The molecule has 0 aromatic rings. The fourth-order valence-corrected chi connectivity index (χ4v) is 0. The SMILES string of the molecule is C=C(F)F.F.O=P. The molecule has 7 heavy (non-hydrogen) atoms. The van der Waals surface area contributed by atoms with Crippen LogP contribution in [-0.4, -0.2) is 0 Å². The molecular formula is C2H4F3OP. The normalized spacial score (nSPS) is 4.29. The van der Waals surface area contributed by atoms with Crippen molar-refractivity contribution in [1.82, 2.24) is 0 Å². The van der Waals surface area contributed by atoms with E-state index in [-0.39, 0.29) is 4.70 Å². The highest BCUT2D eigenvalue weighted by atomic mass is 31.0. The summed E-state index contributed by atoms with van der Waals surface area (Å²) in [5, 5.41) is 0. The van der Waals surface area contributed by atoms with Crippen LogP contribution in [0.1, 0.15) is 0 Å². The smallest absolute Gasteiger partial charge is 0.263 e. The molecule has 0 amide bonds. The monoisotopic (exact) mass is 132 g/mol. The minimum Gasteiger partial charge on any atom is -0.279 e. The first-order valence-electron chi connectivity index (χ1n) is 0.936. The summed E-state index contributed by atoms with van der Waals surface area (Å²) < 4.78 is 28.3. The molecule has 0 saturated carbocycles. The Morgan fingerprint density at radius 2 is 1.43 bits per heavy atom. The van der Waals surface area contributed by atoms with E-state index in [2.05, 4.69) is 6.58 Å². The average Bonchev–Trinajstić information content (AvgIpc) is 1.41. The Morgan fingerprint density at radius 3 is 1.43 bits per heavy atom. The van der Waals surface area contributed by atoms with Gasteiger partial charge in [-0.15, -0.1) is 0 Å². The van der Waals surface area contributed by atoms with Gasteiger partial charge in [0.25, 0.3) is 6.08 Å². The van der Waals surface area contributed by atoms with Crippen LogP contribution in [-0.2, 0) is 4.57 Å². The predicted octanol–water partition coefficient (Wildman–Crippen LogP) is 2.02. The second-order valence-electron chi connectivity index (χ2n) is 0.339. The third-order valence-electron chi connectivity index (χ3n) is 0. The maximum atomic E-state index is 10.1. The summed E-state index contributed by atoms with van der Waals surface area (Å²) >= 11 is 0. The molecule has 0 atom stereocenters. The lowest BCUT2D eigenvalue weighted by molar-refractivity contribution is 0.426. The average molecular weight is 132 g/mol. The van der Waals surface area contributed by atoms with Gasteiger partial charge in [0.05, 0.1) is 0 Å². The van der Waals surface area contributed by atoms with Crippen molar-refractivity contribution in [3.63, 3.8) is 0 Å². The van der Waals surface area contributed by atoms with E-state index in [9.17, 15) is 8.78 Å². The van der Waals surface area contributed by atoms with E-state index in [0.29, 0.717) is 0 Å². The van der Waals surface area contributed by atoms with Crippen molar-refractivity contribution in [2.24, 2.45) is 0 Å². The van der Waals surface area contributed by atoms with Crippen molar-refractivity contribution in [3.8, 4) is 0 Å². The van der Waals surface area contributed by atoms with Gasteiger partial charge in [-0.1, -0.05) is 0 Å². The number of hydrogen-bond donors (Lipinski definition) is 0. The van der Waals surface area contributed by atoms with Gasteiger partial charge >= 0.3 is 0 Å².